The molecule has 2 bridgehead atoms. The molecule has 1 aromatic rings. The Hall–Kier alpha value is -1.32. The van der Waals surface area contributed by atoms with Crippen LogP contribution in [0.15, 0.2) is 21.7 Å². The fourth-order valence-corrected chi connectivity index (χ4v) is 5.32. The molecule has 1 aromatic heterocycles. The second kappa shape index (κ2) is 4.59. The lowest BCUT2D eigenvalue weighted by atomic mass is 9.61. The number of aromatic nitrogens is 1. The number of hydrogen-bond acceptors (Lipinski definition) is 3. The average molecular weight is 305 g/mol. The van der Waals surface area contributed by atoms with Gasteiger partial charge in [0.2, 0.25) is 5.91 Å². The Balaban J connectivity index is 2.07. The van der Waals surface area contributed by atoms with Crippen molar-refractivity contribution in [2.45, 2.75) is 60.3 Å². The van der Waals surface area contributed by atoms with Gasteiger partial charge in [0.1, 0.15) is 6.26 Å². The second-order valence-electron chi connectivity index (χ2n) is 8.97. The highest BCUT2D eigenvalue weighted by Crippen LogP contribution is 2.70. The van der Waals surface area contributed by atoms with Gasteiger partial charge in [-0.05, 0) is 48.3 Å². The lowest BCUT2D eigenvalue weighted by Crippen LogP contribution is -2.48. The van der Waals surface area contributed by atoms with E-state index in [0.717, 1.165) is 25.7 Å². The van der Waals surface area contributed by atoms with Crippen molar-refractivity contribution < 1.29 is 9.21 Å². The summed E-state index contributed by atoms with van der Waals surface area (Å²) >= 11 is 0. The highest BCUT2D eigenvalue weighted by molar-refractivity contribution is 5.87. The van der Waals surface area contributed by atoms with Gasteiger partial charge in [-0.2, -0.15) is 0 Å². The molecule has 0 aromatic carbocycles. The first-order valence-corrected chi connectivity index (χ1v) is 8.30. The molecule has 4 nitrogen and oxygen atoms in total. The third-order valence-electron chi connectivity index (χ3n) is 6.36. The first-order valence-electron chi connectivity index (χ1n) is 8.30. The van der Waals surface area contributed by atoms with E-state index in [2.05, 4.69) is 34.6 Å². The minimum Gasteiger partial charge on any atom is -0.416 e. The van der Waals surface area contributed by atoms with Crippen LogP contribution in [0.5, 0.6) is 0 Å². The van der Waals surface area contributed by atoms with E-state index in [-0.39, 0.29) is 16.7 Å². The molecular formula is C18H27NO3. The van der Waals surface area contributed by atoms with E-state index in [9.17, 15) is 9.59 Å². The molecule has 0 unspecified atom stereocenters. The van der Waals surface area contributed by atoms with Gasteiger partial charge in [0.15, 0.2) is 0 Å². The van der Waals surface area contributed by atoms with Crippen molar-refractivity contribution in [2.75, 3.05) is 0 Å². The van der Waals surface area contributed by atoms with Gasteiger partial charge in [-0.15, -0.1) is 0 Å². The Morgan fingerprint density at radius 3 is 2.59 bits per heavy atom. The average Bonchev–Trinajstić information content (AvgIpc) is 2.97. The molecule has 3 rings (SSSR count). The molecule has 0 amide bonds. The summed E-state index contributed by atoms with van der Waals surface area (Å²) in [6.07, 6.45) is 6.89. The van der Waals surface area contributed by atoms with Crippen LogP contribution >= 0.6 is 0 Å². The monoisotopic (exact) mass is 305 g/mol. The maximum absolute atomic E-state index is 13.3. The van der Waals surface area contributed by atoms with Crippen LogP contribution in [-0.4, -0.2) is 10.5 Å². The highest BCUT2D eigenvalue weighted by Gasteiger charge is 2.68. The fraction of sp³-hybridized carbons (Fsp3) is 0.778. The minimum absolute atomic E-state index is 0.0505. The van der Waals surface area contributed by atoms with Crippen molar-refractivity contribution in [1.82, 2.24) is 4.57 Å². The number of nitrogens with zero attached hydrogens (tertiary/aromatic N) is 1. The molecule has 0 aliphatic heterocycles. The first-order chi connectivity index (χ1) is 10.1. The highest BCUT2D eigenvalue weighted by atomic mass is 16.4. The quantitative estimate of drug-likeness (QED) is 0.831. The molecule has 0 spiro atoms. The Labute approximate surface area is 131 Å². The van der Waals surface area contributed by atoms with Crippen molar-refractivity contribution in [3.8, 4) is 0 Å². The Kier molecular flexibility index (Phi) is 3.25. The van der Waals surface area contributed by atoms with Crippen LogP contribution in [0.2, 0.25) is 0 Å². The summed E-state index contributed by atoms with van der Waals surface area (Å²) in [7, 11) is 0. The summed E-state index contributed by atoms with van der Waals surface area (Å²) in [6, 6.07) is 0. The molecule has 2 aliphatic carbocycles. The van der Waals surface area contributed by atoms with Crippen molar-refractivity contribution in [3.05, 3.63) is 23.0 Å². The smallest absolute Gasteiger partial charge is 0.416 e. The predicted octanol–water partition coefficient (Wildman–Crippen LogP) is 3.96. The van der Waals surface area contributed by atoms with Crippen LogP contribution in [0.4, 0.5) is 0 Å². The molecule has 2 fully saturated rings. The number of rotatable bonds is 2. The van der Waals surface area contributed by atoms with E-state index in [1.807, 2.05) is 0 Å². The summed E-state index contributed by atoms with van der Waals surface area (Å²) in [5.74, 6) is 0.312. The minimum atomic E-state index is -0.556. The van der Waals surface area contributed by atoms with Crippen molar-refractivity contribution >= 4 is 5.91 Å². The van der Waals surface area contributed by atoms with Crippen molar-refractivity contribution in [2.24, 2.45) is 28.1 Å². The maximum atomic E-state index is 13.3. The lowest BCUT2D eigenvalue weighted by molar-refractivity contribution is 0.0286. The molecular weight excluding hydrogens is 278 g/mol. The van der Waals surface area contributed by atoms with E-state index in [4.69, 9.17) is 4.42 Å². The Morgan fingerprint density at radius 2 is 2.09 bits per heavy atom. The topological polar surface area (TPSA) is 52.2 Å². The van der Waals surface area contributed by atoms with Gasteiger partial charge in [0.05, 0.1) is 11.6 Å². The molecule has 122 valence electrons. The van der Waals surface area contributed by atoms with E-state index in [1.165, 1.54) is 17.0 Å². The zero-order valence-electron chi connectivity index (χ0n) is 14.3. The lowest BCUT2D eigenvalue weighted by Gasteiger charge is -2.42. The third-order valence-corrected chi connectivity index (χ3v) is 6.36. The molecule has 0 saturated heterocycles. The fourth-order valence-electron chi connectivity index (χ4n) is 5.32. The van der Waals surface area contributed by atoms with Crippen LogP contribution in [0.1, 0.15) is 65.1 Å². The van der Waals surface area contributed by atoms with Gasteiger partial charge < -0.3 is 4.42 Å². The largest absolute Gasteiger partial charge is 0.425 e. The number of oxazole rings is 1. The van der Waals surface area contributed by atoms with Crippen LogP contribution in [0.25, 0.3) is 0 Å². The molecule has 0 radical (unpaired) electrons. The van der Waals surface area contributed by atoms with Gasteiger partial charge in [-0.1, -0.05) is 34.6 Å². The Morgan fingerprint density at radius 1 is 1.41 bits per heavy atom. The molecule has 0 N–H and O–H groups in total. The van der Waals surface area contributed by atoms with Gasteiger partial charge in [-0.25, -0.2) is 9.36 Å². The maximum Gasteiger partial charge on any atom is 0.425 e. The second-order valence-corrected chi connectivity index (χ2v) is 8.97. The van der Waals surface area contributed by atoms with E-state index in [0.29, 0.717) is 11.8 Å². The van der Waals surface area contributed by atoms with E-state index in [1.54, 1.807) is 0 Å². The molecule has 1 heterocycles. The summed E-state index contributed by atoms with van der Waals surface area (Å²) in [6.45, 7) is 11.1. The van der Waals surface area contributed by atoms with Gasteiger partial charge in [0.25, 0.3) is 0 Å². The molecule has 3 atom stereocenters. The van der Waals surface area contributed by atoms with Gasteiger partial charge >= 0.3 is 5.76 Å². The van der Waals surface area contributed by atoms with Crippen LogP contribution in [0, 0.1) is 28.1 Å². The van der Waals surface area contributed by atoms with Crippen molar-refractivity contribution in [3.63, 3.8) is 0 Å². The zero-order chi connectivity index (χ0) is 16.3. The van der Waals surface area contributed by atoms with Gasteiger partial charge in [-0.3, -0.25) is 4.79 Å². The number of fused-ring (bicyclic) bond motifs is 2. The molecule has 22 heavy (non-hydrogen) atoms. The van der Waals surface area contributed by atoms with E-state index >= 15 is 0 Å². The van der Waals surface area contributed by atoms with Gasteiger partial charge in [0, 0.05) is 0 Å². The van der Waals surface area contributed by atoms with Crippen molar-refractivity contribution in [1.29, 1.82) is 0 Å². The zero-order valence-corrected chi connectivity index (χ0v) is 14.3. The SMILES string of the molecule is CC(C)(C)C[C@@H]1C[C@H]2CC[C@@]1(C(=O)n1ccoc1=O)C2(C)C. The standard InChI is InChI=1S/C18H27NO3/c1-16(2,3)11-13-10-12-6-7-18(13,17(12,4)5)14(20)19-8-9-22-15(19)21/h8-9,12-13H,6-7,10-11H2,1-5H3/t12-,13+,18-/m1/s1. The summed E-state index contributed by atoms with van der Waals surface area (Å²) in [5, 5.41) is 0. The summed E-state index contributed by atoms with van der Waals surface area (Å²) in [4.78, 5) is 25.2. The molecule has 2 saturated carbocycles. The summed E-state index contributed by atoms with van der Waals surface area (Å²) < 4.78 is 6.04. The third kappa shape index (κ3) is 1.95. The molecule has 4 heteroatoms. The van der Waals surface area contributed by atoms with Crippen LogP contribution < -0.4 is 5.76 Å². The predicted molar refractivity (Wildman–Crippen MR) is 84.7 cm³/mol. The Bertz CT molecular complexity index is 646. The number of carbonyl (C=O) groups excluding carboxylic acids is 1. The normalized spacial score (nSPS) is 33.3. The van der Waals surface area contributed by atoms with Crippen LogP contribution in [0.3, 0.4) is 0 Å². The summed E-state index contributed by atoms with van der Waals surface area (Å²) in [5.41, 5.74) is -0.310. The molecule has 2 aliphatic rings. The van der Waals surface area contributed by atoms with Crippen LogP contribution in [-0.2, 0) is 0 Å². The number of carbonyl (C=O) groups is 1. The number of hydrogen-bond donors (Lipinski definition) is 0. The van der Waals surface area contributed by atoms with E-state index < -0.39 is 11.2 Å². The first kappa shape index (κ1) is 15.6.